The Balaban J connectivity index is 0.000000716. The molecule has 8 heteroatoms. The number of benzene rings is 2. The molecule has 3 aromatic rings. The average molecular weight is 579 g/mol. The molecule has 1 aromatic heterocycles. The van der Waals surface area contributed by atoms with Crippen molar-refractivity contribution in [3.63, 3.8) is 0 Å². The number of anilines is 2. The number of quaternary nitrogens is 1. The molecule has 0 aliphatic rings. The van der Waals surface area contributed by atoms with Crippen LogP contribution in [0.3, 0.4) is 0 Å². The lowest BCUT2D eigenvalue weighted by molar-refractivity contribution is -0.929. The van der Waals surface area contributed by atoms with Crippen molar-refractivity contribution in [2.45, 2.75) is 86.0 Å². The lowest BCUT2D eigenvalue weighted by Gasteiger charge is -2.39. The summed E-state index contributed by atoms with van der Waals surface area (Å²) in [4.78, 5) is 17.1. The van der Waals surface area contributed by atoms with Gasteiger partial charge in [0.2, 0.25) is 0 Å². The maximum Gasteiger partial charge on any atom is 0.325 e. The number of unbranched alkanes of at least 4 members (excludes halogenated alkanes) is 4. The molecule has 0 unspecified atom stereocenters. The molecule has 0 bridgehead atoms. The second-order valence-corrected chi connectivity index (χ2v) is 11.3. The number of amides is 2. The molecule has 0 aliphatic heterocycles. The standard InChI is InChI=1S/C16H36N.C15H13N3OS.ClH.H2O/c1-5-9-13-17(14-10-6-2,15-11-7-3)16-12-8-4;1-10-9-16-15(20-10)18-14(19)17-13-8-4-6-11-5-2-3-7-12(11)13;;/h5-16H2,1-4H3;2-9H,1H3,(H2,16,17,18,19);1H;1H2/q+1;;;/p-1. The van der Waals surface area contributed by atoms with Gasteiger partial charge >= 0.3 is 6.03 Å². The first-order chi connectivity index (χ1) is 18.0. The van der Waals surface area contributed by atoms with E-state index < -0.39 is 0 Å². The van der Waals surface area contributed by atoms with Gasteiger partial charge in [0.15, 0.2) is 5.13 Å². The van der Waals surface area contributed by atoms with Gasteiger partial charge in [-0.15, -0.1) is 11.3 Å². The Kier molecular flexibility index (Phi) is 19.5. The van der Waals surface area contributed by atoms with Crippen LogP contribution in [0.1, 0.15) is 83.9 Å². The van der Waals surface area contributed by atoms with Gasteiger partial charge in [-0.1, -0.05) is 89.8 Å². The molecule has 4 N–H and O–H groups in total. The van der Waals surface area contributed by atoms with E-state index in [1.807, 2.05) is 49.4 Å². The van der Waals surface area contributed by atoms with Gasteiger partial charge < -0.3 is 27.7 Å². The minimum atomic E-state index is -0.282. The second-order valence-electron chi connectivity index (χ2n) is 10.0. The van der Waals surface area contributed by atoms with Crippen molar-refractivity contribution in [1.29, 1.82) is 0 Å². The quantitative estimate of drug-likeness (QED) is 0.250. The topological polar surface area (TPSA) is 85.5 Å². The molecular formula is C31H51ClN4O2S. The van der Waals surface area contributed by atoms with Crippen LogP contribution >= 0.6 is 11.3 Å². The van der Waals surface area contributed by atoms with Gasteiger partial charge in [-0.05, 0) is 44.1 Å². The SMILES string of the molecule is CCCC[N+](CCCC)(CCCC)CCCC.Cc1cnc(NC(=O)Nc2cccc3ccccc23)s1.O.[Cl-]. The minimum absolute atomic E-state index is 0. The van der Waals surface area contributed by atoms with Crippen LogP contribution in [0.15, 0.2) is 48.7 Å². The number of rotatable bonds is 14. The highest BCUT2D eigenvalue weighted by Crippen LogP contribution is 2.23. The van der Waals surface area contributed by atoms with E-state index in [0.717, 1.165) is 21.3 Å². The van der Waals surface area contributed by atoms with E-state index in [1.54, 1.807) is 6.20 Å². The molecule has 0 atom stereocenters. The highest BCUT2D eigenvalue weighted by molar-refractivity contribution is 7.15. The number of nitrogens with zero attached hydrogens (tertiary/aromatic N) is 2. The number of carbonyl (C=O) groups is 1. The molecule has 0 saturated heterocycles. The lowest BCUT2D eigenvalue weighted by Crippen LogP contribution is -3.00. The first kappa shape index (κ1) is 36.8. The average Bonchev–Trinajstić information content (AvgIpc) is 3.32. The number of carbonyl (C=O) groups excluding carboxylic acids is 1. The molecule has 2 amide bonds. The maximum absolute atomic E-state index is 12.0. The van der Waals surface area contributed by atoms with Gasteiger partial charge in [0.05, 0.1) is 31.9 Å². The molecular weight excluding hydrogens is 528 g/mol. The van der Waals surface area contributed by atoms with Crippen molar-refractivity contribution in [3.05, 3.63) is 53.5 Å². The van der Waals surface area contributed by atoms with E-state index in [-0.39, 0.29) is 23.9 Å². The number of aryl methyl sites for hydroxylation is 1. The Labute approximate surface area is 246 Å². The van der Waals surface area contributed by atoms with E-state index in [1.165, 1.54) is 93.4 Å². The normalized spacial score (nSPS) is 10.6. The van der Waals surface area contributed by atoms with Gasteiger partial charge in [0, 0.05) is 16.5 Å². The van der Waals surface area contributed by atoms with Crippen LogP contribution in [0.5, 0.6) is 0 Å². The zero-order valence-electron chi connectivity index (χ0n) is 24.7. The number of thiazole rings is 1. The maximum atomic E-state index is 12.0. The van der Waals surface area contributed by atoms with Crippen molar-refractivity contribution < 1.29 is 27.2 Å². The first-order valence-electron chi connectivity index (χ1n) is 14.3. The van der Waals surface area contributed by atoms with Gasteiger partial charge in [0.1, 0.15) is 0 Å². The first-order valence-corrected chi connectivity index (χ1v) is 15.1. The Morgan fingerprint density at radius 3 is 1.79 bits per heavy atom. The van der Waals surface area contributed by atoms with Crippen molar-refractivity contribution in [2.24, 2.45) is 0 Å². The summed E-state index contributed by atoms with van der Waals surface area (Å²) >= 11 is 1.45. The van der Waals surface area contributed by atoms with Gasteiger partial charge in [-0.2, -0.15) is 0 Å². The van der Waals surface area contributed by atoms with E-state index in [2.05, 4.69) is 43.3 Å². The van der Waals surface area contributed by atoms with E-state index in [4.69, 9.17) is 0 Å². The predicted octanol–water partition coefficient (Wildman–Crippen LogP) is 5.43. The molecule has 0 fully saturated rings. The fourth-order valence-electron chi connectivity index (χ4n) is 4.64. The minimum Gasteiger partial charge on any atom is -1.00 e. The van der Waals surface area contributed by atoms with Crippen LogP contribution in [0.4, 0.5) is 15.6 Å². The van der Waals surface area contributed by atoms with Gasteiger partial charge in [-0.25, -0.2) is 9.78 Å². The Morgan fingerprint density at radius 2 is 1.31 bits per heavy atom. The van der Waals surface area contributed by atoms with E-state index >= 15 is 0 Å². The van der Waals surface area contributed by atoms with Crippen LogP contribution in [0, 0.1) is 6.92 Å². The number of aromatic nitrogens is 1. The smallest absolute Gasteiger partial charge is 0.325 e. The third kappa shape index (κ3) is 13.1. The summed E-state index contributed by atoms with van der Waals surface area (Å²) in [5, 5.41) is 8.30. The number of nitrogens with one attached hydrogen (secondary N) is 2. The fraction of sp³-hybridized carbons (Fsp3) is 0.548. The van der Waals surface area contributed by atoms with Gasteiger partial charge in [0.25, 0.3) is 0 Å². The molecule has 6 nitrogen and oxygen atoms in total. The molecule has 0 saturated carbocycles. The molecule has 0 aliphatic carbocycles. The summed E-state index contributed by atoms with van der Waals surface area (Å²) in [6, 6.07) is 13.5. The Bertz CT molecular complexity index is 1020. The lowest BCUT2D eigenvalue weighted by atomic mass is 10.1. The largest absolute Gasteiger partial charge is 1.00 e. The summed E-state index contributed by atoms with van der Waals surface area (Å²) in [7, 11) is 0. The van der Waals surface area contributed by atoms with Crippen LogP contribution in [-0.2, 0) is 0 Å². The van der Waals surface area contributed by atoms with Crippen molar-refractivity contribution in [1.82, 2.24) is 4.98 Å². The van der Waals surface area contributed by atoms with Crippen molar-refractivity contribution in [3.8, 4) is 0 Å². The summed E-state index contributed by atoms with van der Waals surface area (Å²) in [6.07, 6.45) is 12.8. The third-order valence-electron chi connectivity index (χ3n) is 6.82. The van der Waals surface area contributed by atoms with Crippen LogP contribution in [0.2, 0.25) is 0 Å². The molecule has 2 aromatic carbocycles. The van der Waals surface area contributed by atoms with Crippen molar-refractivity contribution >= 4 is 39.0 Å². The molecule has 3 rings (SSSR count). The zero-order valence-corrected chi connectivity index (χ0v) is 26.3. The molecule has 0 spiro atoms. The summed E-state index contributed by atoms with van der Waals surface area (Å²) in [5.41, 5.74) is 0.786. The zero-order chi connectivity index (χ0) is 26.9. The Morgan fingerprint density at radius 1 is 0.795 bits per heavy atom. The highest BCUT2D eigenvalue weighted by Gasteiger charge is 2.24. The van der Waals surface area contributed by atoms with Crippen LogP contribution < -0.4 is 23.0 Å². The summed E-state index contributed by atoms with van der Waals surface area (Å²) < 4.78 is 1.42. The number of hydrogen-bond donors (Lipinski definition) is 2. The molecule has 1 heterocycles. The summed E-state index contributed by atoms with van der Waals surface area (Å²) in [6.45, 7) is 17.0. The predicted molar refractivity (Wildman–Crippen MR) is 166 cm³/mol. The third-order valence-corrected chi connectivity index (χ3v) is 7.65. The van der Waals surface area contributed by atoms with Crippen LogP contribution in [-0.4, -0.2) is 47.2 Å². The fourth-order valence-corrected chi connectivity index (χ4v) is 5.30. The number of urea groups is 1. The molecule has 0 radical (unpaired) electrons. The number of halogens is 1. The van der Waals surface area contributed by atoms with Crippen molar-refractivity contribution in [2.75, 3.05) is 36.8 Å². The molecule has 220 valence electrons. The van der Waals surface area contributed by atoms with E-state index in [0.29, 0.717) is 5.13 Å². The summed E-state index contributed by atoms with van der Waals surface area (Å²) in [5.74, 6) is 0. The Hall–Kier alpha value is -2.19. The highest BCUT2D eigenvalue weighted by atomic mass is 35.5. The van der Waals surface area contributed by atoms with Gasteiger partial charge in [-0.3, -0.25) is 5.32 Å². The number of hydrogen-bond acceptors (Lipinski definition) is 3. The molecule has 39 heavy (non-hydrogen) atoms. The number of fused-ring (bicyclic) bond motifs is 1. The second kappa shape index (κ2) is 20.7. The van der Waals surface area contributed by atoms with Crippen LogP contribution in [0.25, 0.3) is 10.8 Å². The van der Waals surface area contributed by atoms with E-state index in [9.17, 15) is 4.79 Å². The monoisotopic (exact) mass is 578 g/mol.